The Bertz CT molecular complexity index is 256. The van der Waals surface area contributed by atoms with Crippen molar-refractivity contribution in [1.82, 2.24) is 20.6 Å². The van der Waals surface area contributed by atoms with Gasteiger partial charge in [-0.1, -0.05) is 32.1 Å². The van der Waals surface area contributed by atoms with Crippen LogP contribution in [0.4, 0.5) is 0 Å². The van der Waals surface area contributed by atoms with E-state index in [1.54, 1.807) is 0 Å². The first-order valence-corrected chi connectivity index (χ1v) is 5.25. The first kappa shape index (κ1) is 9.58. The summed E-state index contributed by atoms with van der Waals surface area (Å²) in [5.41, 5.74) is 0. The Kier molecular flexibility index (Phi) is 3.08. The van der Waals surface area contributed by atoms with Crippen LogP contribution >= 0.6 is 0 Å². The average Bonchev–Trinajstić information content (AvgIpc) is 2.72. The van der Waals surface area contributed by atoms with Crippen molar-refractivity contribution in [3.05, 3.63) is 5.82 Å². The van der Waals surface area contributed by atoms with E-state index in [1.165, 1.54) is 32.1 Å². The number of hydrogen-bond acceptors (Lipinski definition) is 3. The lowest BCUT2D eigenvalue weighted by Crippen LogP contribution is -2.11. The minimum Gasteiger partial charge on any atom is -0.240 e. The molecule has 1 unspecified atom stereocenters. The van der Waals surface area contributed by atoms with E-state index < -0.39 is 6.10 Å². The monoisotopic (exact) mass is 195 g/mol. The van der Waals surface area contributed by atoms with Crippen LogP contribution in [0.2, 0.25) is 0 Å². The molecular formula is C9H15N4O. The minimum absolute atomic E-state index is 0.385. The number of nitrogens with one attached hydrogen (secondary N) is 1. The molecule has 5 nitrogen and oxygen atoms in total. The van der Waals surface area contributed by atoms with Gasteiger partial charge in [-0.3, -0.25) is 0 Å². The molecule has 1 aliphatic carbocycles. The summed E-state index contributed by atoms with van der Waals surface area (Å²) < 4.78 is 0. The summed E-state index contributed by atoms with van der Waals surface area (Å²) >= 11 is 0. The second-order valence-electron chi connectivity index (χ2n) is 4.01. The summed E-state index contributed by atoms with van der Waals surface area (Å²) in [7, 11) is 0. The average molecular weight is 195 g/mol. The van der Waals surface area contributed by atoms with Gasteiger partial charge in [0.05, 0.1) is 0 Å². The fraction of sp³-hybridized carbons (Fsp3) is 0.889. The Labute approximate surface area is 82.9 Å². The van der Waals surface area contributed by atoms with Gasteiger partial charge in [0.25, 0.3) is 0 Å². The lowest BCUT2D eigenvalue weighted by Gasteiger charge is -2.22. The lowest BCUT2D eigenvalue weighted by molar-refractivity contribution is 0.0519. The molecule has 1 saturated carbocycles. The van der Waals surface area contributed by atoms with Crippen molar-refractivity contribution in [2.75, 3.05) is 0 Å². The number of nitrogens with zero attached hydrogens (tertiary/aromatic N) is 3. The summed E-state index contributed by atoms with van der Waals surface area (Å²) in [5, 5.41) is 24.7. The molecule has 5 heteroatoms. The highest BCUT2D eigenvalue weighted by molar-refractivity contribution is 4.84. The highest BCUT2D eigenvalue weighted by atomic mass is 16.3. The van der Waals surface area contributed by atoms with Crippen LogP contribution in [-0.4, -0.2) is 20.6 Å². The molecule has 0 aliphatic heterocycles. The first-order chi connectivity index (χ1) is 6.86. The number of tetrazole rings is 1. The maximum atomic E-state index is 11.7. The molecule has 1 aromatic rings. The normalized spacial score (nSPS) is 20.9. The molecule has 77 valence electrons. The van der Waals surface area contributed by atoms with Crippen molar-refractivity contribution in [2.45, 2.75) is 44.6 Å². The van der Waals surface area contributed by atoms with Crippen molar-refractivity contribution in [3.8, 4) is 0 Å². The molecule has 0 bridgehead atoms. The molecule has 0 saturated heterocycles. The standard InChI is InChI=1S/C9H15N4O/c14-8(9-10-12-13-11-9)6-7-4-2-1-3-5-7/h7-8H,1-6H2,(H,10,11,12,13). The van der Waals surface area contributed by atoms with Gasteiger partial charge in [-0.2, -0.15) is 0 Å². The molecule has 0 spiro atoms. The van der Waals surface area contributed by atoms with Gasteiger partial charge in [-0.05, 0) is 22.8 Å². The van der Waals surface area contributed by atoms with E-state index >= 15 is 0 Å². The van der Waals surface area contributed by atoms with Crippen LogP contribution in [0, 0.1) is 5.92 Å². The molecule has 0 aromatic carbocycles. The van der Waals surface area contributed by atoms with Gasteiger partial charge in [-0.25, -0.2) is 10.2 Å². The van der Waals surface area contributed by atoms with Gasteiger partial charge >= 0.3 is 0 Å². The largest absolute Gasteiger partial charge is 0.240 e. The summed E-state index contributed by atoms with van der Waals surface area (Å²) in [4.78, 5) is 0. The molecule has 1 fully saturated rings. The summed E-state index contributed by atoms with van der Waals surface area (Å²) in [6, 6.07) is 0. The fourth-order valence-corrected chi connectivity index (χ4v) is 2.14. The Morgan fingerprint density at radius 2 is 2.14 bits per heavy atom. The van der Waals surface area contributed by atoms with Crippen LogP contribution in [0.1, 0.15) is 50.5 Å². The van der Waals surface area contributed by atoms with Crippen LogP contribution in [0.5, 0.6) is 0 Å². The predicted octanol–water partition coefficient (Wildman–Crippen LogP) is 1.64. The van der Waals surface area contributed by atoms with Gasteiger partial charge in [0.15, 0.2) is 11.9 Å². The molecule has 1 N–H and O–H groups in total. The van der Waals surface area contributed by atoms with E-state index in [1.807, 2.05) is 0 Å². The summed E-state index contributed by atoms with van der Waals surface area (Å²) in [5.74, 6) is 0.965. The van der Waals surface area contributed by atoms with Gasteiger partial charge in [0.2, 0.25) is 0 Å². The molecule has 1 radical (unpaired) electrons. The van der Waals surface area contributed by atoms with Crippen LogP contribution in [0.15, 0.2) is 0 Å². The highest BCUT2D eigenvalue weighted by Gasteiger charge is 2.21. The maximum absolute atomic E-state index is 11.7. The fourth-order valence-electron chi connectivity index (χ4n) is 2.14. The highest BCUT2D eigenvalue weighted by Crippen LogP contribution is 2.30. The van der Waals surface area contributed by atoms with Crippen molar-refractivity contribution in [2.24, 2.45) is 5.92 Å². The van der Waals surface area contributed by atoms with Gasteiger partial charge in [0.1, 0.15) is 0 Å². The van der Waals surface area contributed by atoms with Crippen LogP contribution in [0.3, 0.4) is 0 Å². The van der Waals surface area contributed by atoms with E-state index in [0.717, 1.165) is 0 Å². The van der Waals surface area contributed by atoms with E-state index in [9.17, 15) is 5.11 Å². The second kappa shape index (κ2) is 4.50. The lowest BCUT2D eigenvalue weighted by atomic mass is 9.85. The molecule has 1 atom stereocenters. The third-order valence-electron chi connectivity index (χ3n) is 2.94. The van der Waals surface area contributed by atoms with Crippen molar-refractivity contribution >= 4 is 0 Å². The molecule has 1 aliphatic rings. The Hall–Kier alpha value is -0.970. The second-order valence-corrected chi connectivity index (χ2v) is 4.01. The third-order valence-corrected chi connectivity index (χ3v) is 2.94. The van der Waals surface area contributed by atoms with E-state index in [-0.39, 0.29) is 0 Å². The number of H-pyrrole nitrogens is 1. The quantitative estimate of drug-likeness (QED) is 0.796. The summed E-state index contributed by atoms with van der Waals surface area (Å²) in [6.45, 7) is 0. The SMILES string of the molecule is [O]C(CC1CCCCC1)c1nnn[nH]1. The Balaban J connectivity index is 1.84. The smallest absolute Gasteiger partial charge is 0.181 e. The summed E-state index contributed by atoms with van der Waals surface area (Å²) in [6.07, 6.45) is 6.16. The topological polar surface area (TPSA) is 74.4 Å². The van der Waals surface area contributed by atoms with E-state index in [0.29, 0.717) is 18.2 Å². The van der Waals surface area contributed by atoms with Crippen molar-refractivity contribution in [3.63, 3.8) is 0 Å². The maximum Gasteiger partial charge on any atom is 0.181 e. The third kappa shape index (κ3) is 2.29. The number of rotatable bonds is 3. The van der Waals surface area contributed by atoms with E-state index in [2.05, 4.69) is 20.6 Å². The number of aromatic amines is 1. The van der Waals surface area contributed by atoms with Gasteiger partial charge in [0, 0.05) is 0 Å². The zero-order valence-corrected chi connectivity index (χ0v) is 8.15. The minimum atomic E-state index is -0.770. The molecule has 14 heavy (non-hydrogen) atoms. The van der Waals surface area contributed by atoms with Crippen LogP contribution in [-0.2, 0) is 5.11 Å². The van der Waals surface area contributed by atoms with Crippen LogP contribution in [0.25, 0.3) is 0 Å². The molecular weight excluding hydrogens is 180 g/mol. The molecule has 1 aromatic heterocycles. The van der Waals surface area contributed by atoms with Gasteiger partial charge in [-0.15, -0.1) is 5.10 Å². The molecule has 1 heterocycles. The zero-order valence-electron chi connectivity index (χ0n) is 8.15. The Morgan fingerprint density at radius 3 is 2.79 bits per heavy atom. The molecule has 2 rings (SSSR count). The van der Waals surface area contributed by atoms with E-state index in [4.69, 9.17) is 0 Å². The van der Waals surface area contributed by atoms with Crippen molar-refractivity contribution < 1.29 is 5.11 Å². The zero-order chi connectivity index (χ0) is 9.80. The first-order valence-electron chi connectivity index (χ1n) is 5.25. The van der Waals surface area contributed by atoms with Gasteiger partial charge < -0.3 is 0 Å². The molecule has 0 amide bonds. The number of hydrogen-bond donors (Lipinski definition) is 1. The predicted molar refractivity (Wildman–Crippen MR) is 48.8 cm³/mol. The number of aromatic nitrogens is 4. The van der Waals surface area contributed by atoms with Crippen molar-refractivity contribution in [1.29, 1.82) is 0 Å². The Morgan fingerprint density at radius 1 is 1.36 bits per heavy atom. The van der Waals surface area contributed by atoms with Crippen LogP contribution < -0.4 is 0 Å².